The summed E-state index contributed by atoms with van der Waals surface area (Å²) in [6, 6.07) is -0.0522. The lowest BCUT2D eigenvalue weighted by Gasteiger charge is -2.23. The predicted molar refractivity (Wildman–Crippen MR) is 89.5 cm³/mol. The highest BCUT2D eigenvalue weighted by molar-refractivity contribution is 5.97. The Morgan fingerprint density at radius 1 is 1.38 bits per heavy atom. The normalized spacial score (nSPS) is 14.6. The second-order valence-electron chi connectivity index (χ2n) is 7.66. The van der Waals surface area contributed by atoms with Gasteiger partial charge in [-0.1, -0.05) is 20.8 Å². The number of nitrogens with one attached hydrogen (secondary N) is 1. The molecule has 2 aromatic heterocycles. The Morgan fingerprint density at radius 3 is 2.50 bits per heavy atom. The zero-order valence-corrected chi connectivity index (χ0v) is 14.7. The van der Waals surface area contributed by atoms with Crippen molar-refractivity contribution in [3.8, 4) is 5.88 Å². The van der Waals surface area contributed by atoms with Gasteiger partial charge in [0.2, 0.25) is 5.88 Å². The fraction of sp³-hybridized carbons (Fsp3) is 0.500. The lowest BCUT2D eigenvalue weighted by atomic mass is 9.96. The first-order valence-electron chi connectivity index (χ1n) is 8.16. The smallest absolute Gasteiger partial charge is 0.291 e. The van der Waals surface area contributed by atoms with Crippen LogP contribution < -0.4 is 16.6 Å². The molecule has 26 heavy (non-hydrogen) atoms. The van der Waals surface area contributed by atoms with Crippen LogP contribution in [0.1, 0.15) is 54.5 Å². The third-order valence-corrected chi connectivity index (χ3v) is 3.95. The molecule has 0 spiro atoms. The Hall–Kier alpha value is -2.91. The number of amides is 2. The molecule has 0 aromatic carbocycles. The molecule has 0 saturated heterocycles. The molecule has 10 heteroatoms. The quantitative estimate of drug-likeness (QED) is 0.721. The molecule has 0 atom stereocenters. The third-order valence-electron chi connectivity index (χ3n) is 3.95. The maximum Gasteiger partial charge on any atom is 0.291 e. The zero-order chi connectivity index (χ0) is 19.4. The molecule has 2 amide bonds. The average Bonchev–Trinajstić information content (AvgIpc) is 3.23. The van der Waals surface area contributed by atoms with Gasteiger partial charge in [0.15, 0.2) is 22.7 Å². The molecule has 140 valence electrons. The molecule has 2 heterocycles. The van der Waals surface area contributed by atoms with E-state index in [0.717, 1.165) is 17.4 Å². The number of halogens is 1. The number of aromatic nitrogens is 3. The maximum atomic E-state index is 14.7. The highest BCUT2D eigenvalue weighted by atomic mass is 19.1. The molecule has 0 bridgehead atoms. The third kappa shape index (κ3) is 3.02. The van der Waals surface area contributed by atoms with Crippen molar-refractivity contribution in [1.29, 1.82) is 0 Å². The van der Waals surface area contributed by atoms with Crippen molar-refractivity contribution in [3.05, 3.63) is 27.4 Å². The van der Waals surface area contributed by atoms with Gasteiger partial charge in [-0.3, -0.25) is 19.0 Å². The minimum absolute atomic E-state index is 0.0522. The summed E-state index contributed by atoms with van der Waals surface area (Å²) in [6.45, 7) is 5.55. The van der Waals surface area contributed by atoms with Crippen molar-refractivity contribution < 1.29 is 19.1 Å². The van der Waals surface area contributed by atoms with Gasteiger partial charge in [0, 0.05) is 12.6 Å². The number of nitrogens with zero attached hydrogens (tertiary/aromatic N) is 3. The summed E-state index contributed by atoms with van der Waals surface area (Å²) in [7, 11) is 0. The first kappa shape index (κ1) is 17.9. The number of hydrogen-bond donors (Lipinski definition) is 3. The van der Waals surface area contributed by atoms with Crippen molar-refractivity contribution in [1.82, 2.24) is 19.5 Å². The second-order valence-corrected chi connectivity index (χ2v) is 7.66. The van der Waals surface area contributed by atoms with Gasteiger partial charge < -0.3 is 16.2 Å². The van der Waals surface area contributed by atoms with Gasteiger partial charge in [-0.2, -0.15) is 9.61 Å². The van der Waals surface area contributed by atoms with E-state index in [1.54, 1.807) is 0 Å². The monoisotopic (exact) mass is 365 g/mol. The summed E-state index contributed by atoms with van der Waals surface area (Å²) in [4.78, 5) is 36.5. The number of carbonyl (C=O) groups excluding carboxylic acids is 2. The summed E-state index contributed by atoms with van der Waals surface area (Å²) in [5.74, 6) is -3.72. The average molecular weight is 365 g/mol. The Labute approximate surface area is 147 Å². The van der Waals surface area contributed by atoms with Crippen LogP contribution >= 0.6 is 0 Å². The number of nitrogens with two attached hydrogens (primary N) is 1. The first-order valence-corrected chi connectivity index (χ1v) is 8.16. The molecule has 4 N–H and O–H groups in total. The van der Waals surface area contributed by atoms with Gasteiger partial charge in [0.05, 0.1) is 0 Å². The van der Waals surface area contributed by atoms with Crippen LogP contribution in [0.15, 0.2) is 4.79 Å². The van der Waals surface area contributed by atoms with Crippen LogP contribution in [-0.2, 0) is 6.54 Å². The summed E-state index contributed by atoms with van der Waals surface area (Å²) in [5, 5.41) is 16.8. The van der Waals surface area contributed by atoms with Crippen LogP contribution in [-0.4, -0.2) is 37.1 Å². The highest BCUT2D eigenvalue weighted by Crippen LogP contribution is 2.27. The van der Waals surface area contributed by atoms with Gasteiger partial charge in [0.1, 0.15) is 0 Å². The summed E-state index contributed by atoms with van der Waals surface area (Å²) >= 11 is 0. The molecule has 0 unspecified atom stereocenters. The van der Waals surface area contributed by atoms with E-state index in [4.69, 9.17) is 5.73 Å². The molecule has 1 fully saturated rings. The topological polar surface area (TPSA) is 132 Å². The van der Waals surface area contributed by atoms with Gasteiger partial charge in [-0.25, -0.2) is 4.39 Å². The van der Waals surface area contributed by atoms with E-state index in [1.165, 1.54) is 0 Å². The molecular formula is C16H20FN5O4. The molecule has 1 aliphatic rings. The summed E-state index contributed by atoms with van der Waals surface area (Å²) in [5.41, 5.74) is 1.94. The summed E-state index contributed by atoms with van der Waals surface area (Å²) in [6.07, 6.45) is 1.57. The molecule has 0 aliphatic heterocycles. The van der Waals surface area contributed by atoms with Crippen molar-refractivity contribution >= 4 is 17.5 Å². The number of primary amides is 1. The number of hydrogen-bond acceptors (Lipinski definition) is 5. The fourth-order valence-electron chi connectivity index (χ4n) is 2.67. The second kappa shape index (κ2) is 5.82. The zero-order valence-electron chi connectivity index (χ0n) is 14.7. The number of fused-ring (bicyclic) bond motifs is 1. The molecule has 3 rings (SSSR count). The van der Waals surface area contributed by atoms with E-state index in [2.05, 4.69) is 10.4 Å². The summed E-state index contributed by atoms with van der Waals surface area (Å²) < 4.78 is 16.3. The fourth-order valence-corrected chi connectivity index (χ4v) is 2.67. The Morgan fingerprint density at radius 2 is 2.00 bits per heavy atom. The van der Waals surface area contributed by atoms with Crippen molar-refractivity contribution in [2.45, 2.75) is 46.2 Å². The largest absolute Gasteiger partial charge is 0.494 e. The van der Waals surface area contributed by atoms with Gasteiger partial charge in [-0.15, -0.1) is 0 Å². The Bertz CT molecular complexity index is 981. The minimum atomic E-state index is -1.16. The predicted octanol–water partition coefficient (Wildman–Crippen LogP) is 0.378. The van der Waals surface area contributed by atoms with Crippen LogP contribution in [0.4, 0.5) is 4.39 Å². The lowest BCUT2D eigenvalue weighted by molar-refractivity contribution is 0.0943. The van der Waals surface area contributed by atoms with Gasteiger partial charge in [-0.05, 0) is 18.3 Å². The van der Waals surface area contributed by atoms with Crippen LogP contribution in [0, 0.1) is 11.2 Å². The van der Waals surface area contributed by atoms with Crippen molar-refractivity contribution in [2.75, 3.05) is 0 Å². The van der Waals surface area contributed by atoms with E-state index in [1.807, 2.05) is 20.8 Å². The van der Waals surface area contributed by atoms with Crippen molar-refractivity contribution in [3.63, 3.8) is 0 Å². The highest BCUT2D eigenvalue weighted by Gasteiger charge is 2.32. The molecule has 1 saturated carbocycles. The van der Waals surface area contributed by atoms with Gasteiger partial charge in [0.25, 0.3) is 17.4 Å². The molecular weight excluding hydrogens is 345 g/mol. The van der Waals surface area contributed by atoms with Crippen LogP contribution in [0.3, 0.4) is 0 Å². The van der Waals surface area contributed by atoms with Crippen LogP contribution in [0.2, 0.25) is 0 Å². The van der Waals surface area contributed by atoms with Crippen LogP contribution in [0.25, 0.3) is 5.65 Å². The van der Waals surface area contributed by atoms with E-state index < -0.39 is 51.4 Å². The minimum Gasteiger partial charge on any atom is -0.494 e. The van der Waals surface area contributed by atoms with Crippen molar-refractivity contribution in [2.24, 2.45) is 11.1 Å². The molecule has 1 aliphatic carbocycles. The van der Waals surface area contributed by atoms with E-state index in [9.17, 15) is 23.9 Å². The number of rotatable bonds is 4. The number of aromatic hydroxyl groups is 1. The maximum absolute atomic E-state index is 14.7. The van der Waals surface area contributed by atoms with E-state index in [-0.39, 0.29) is 12.6 Å². The molecule has 0 radical (unpaired) electrons. The molecule has 9 nitrogen and oxygen atoms in total. The Balaban J connectivity index is 2.33. The standard InChI is InChI=1S/C16H20FN5O4/c1-16(2,3)6-21-13-9(17)10(11(18)23)20-22(13)15(26)8(14(21)25)12(24)19-7-4-5-7/h7,25H,4-6H2,1-3H3,(H2,18,23)(H,19,24). The lowest BCUT2D eigenvalue weighted by Crippen LogP contribution is -2.35. The SMILES string of the molecule is CC(C)(C)Cn1c(O)c(C(=O)NC2CC2)c(=O)n2nc(C(N)=O)c(F)c12. The van der Waals surface area contributed by atoms with E-state index in [0.29, 0.717) is 4.52 Å². The molecule has 2 aromatic rings. The number of carbonyl (C=O) groups is 2. The first-order chi connectivity index (χ1) is 12.0. The van der Waals surface area contributed by atoms with Gasteiger partial charge >= 0.3 is 0 Å². The van der Waals surface area contributed by atoms with E-state index >= 15 is 0 Å². The van der Waals surface area contributed by atoms with Crippen LogP contribution in [0.5, 0.6) is 5.88 Å². The Kier molecular flexibility index (Phi) is 4.01.